The molecule has 0 radical (unpaired) electrons. The average Bonchev–Trinajstić information content (AvgIpc) is 2.11. The van der Waals surface area contributed by atoms with E-state index < -0.39 is 5.50 Å². The lowest BCUT2D eigenvalue weighted by molar-refractivity contribution is 0.468. The fourth-order valence-electron chi connectivity index (χ4n) is 0.889. The van der Waals surface area contributed by atoms with Crippen molar-refractivity contribution in [1.29, 1.82) is 0 Å². The van der Waals surface area contributed by atoms with Gasteiger partial charge in [-0.3, -0.25) is 0 Å². The minimum absolute atomic E-state index is 0.000988. The lowest BCUT2D eigenvalue weighted by atomic mass is 10.2. The highest BCUT2D eigenvalue weighted by atomic mass is 35.5. The van der Waals surface area contributed by atoms with Gasteiger partial charge in [0.05, 0.1) is 15.1 Å². The number of alkyl halides is 1. The molecule has 0 amide bonds. The molecule has 78 valence electrons. The fourth-order valence-corrected chi connectivity index (χ4v) is 2.13. The second kappa shape index (κ2) is 4.52. The first-order valence-corrected chi connectivity index (χ1v) is 5.27. The summed E-state index contributed by atoms with van der Waals surface area (Å²) in [5.41, 5.74) is 4.42. The minimum atomic E-state index is -1.00. The first-order valence-electron chi connectivity index (χ1n) is 3.32. The third-order valence-corrected chi connectivity index (χ3v) is 3.58. The van der Waals surface area contributed by atoms with Crippen LogP contribution in [0.2, 0.25) is 20.1 Å². The molecular formula is C7H4Cl5NO. The molecule has 0 aromatic heterocycles. The Kier molecular flexibility index (Phi) is 4.03. The molecule has 2 nitrogen and oxygen atoms in total. The van der Waals surface area contributed by atoms with Crippen molar-refractivity contribution in [2.24, 2.45) is 5.73 Å². The zero-order valence-corrected chi connectivity index (χ0v) is 10.3. The monoisotopic (exact) mass is 293 g/mol. The van der Waals surface area contributed by atoms with Crippen LogP contribution in [0.1, 0.15) is 11.1 Å². The van der Waals surface area contributed by atoms with Gasteiger partial charge in [0.25, 0.3) is 0 Å². The summed E-state index contributed by atoms with van der Waals surface area (Å²) in [7, 11) is 0. The molecule has 0 aliphatic carbocycles. The Morgan fingerprint density at radius 2 is 1.36 bits per heavy atom. The molecule has 1 rings (SSSR count). The van der Waals surface area contributed by atoms with Gasteiger partial charge in [0.15, 0.2) is 0 Å². The summed E-state index contributed by atoms with van der Waals surface area (Å²) in [5.74, 6) is -0.353. The van der Waals surface area contributed by atoms with E-state index in [0.29, 0.717) is 0 Å². The molecule has 0 spiro atoms. The molecule has 0 aliphatic rings. The maximum absolute atomic E-state index is 9.53. The number of phenolic OH excluding ortho intramolecular Hbond substituents is 1. The molecule has 1 aromatic carbocycles. The van der Waals surface area contributed by atoms with Crippen LogP contribution < -0.4 is 5.73 Å². The minimum Gasteiger partial charge on any atom is -0.506 e. The molecule has 7 heteroatoms. The molecule has 1 unspecified atom stereocenters. The van der Waals surface area contributed by atoms with Crippen LogP contribution in [0.5, 0.6) is 5.75 Å². The van der Waals surface area contributed by atoms with E-state index in [-0.39, 0.29) is 31.4 Å². The Morgan fingerprint density at radius 3 is 1.79 bits per heavy atom. The van der Waals surface area contributed by atoms with Crippen molar-refractivity contribution in [3.63, 3.8) is 0 Å². The van der Waals surface area contributed by atoms with Gasteiger partial charge < -0.3 is 10.8 Å². The van der Waals surface area contributed by atoms with E-state index >= 15 is 0 Å². The first-order chi connectivity index (χ1) is 6.37. The molecule has 0 saturated carbocycles. The molecule has 0 bridgehead atoms. The van der Waals surface area contributed by atoms with Crippen LogP contribution in [0.4, 0.5) is 0 Å². The van der Waals surface area contributed by atoms with E-state index in [9.17, 15) is 5.11 Å². The van der Waals surface area contributed by atoms with E-state index in [1.54, 1.807) is 0 Å². The summed E-state index contributed by atoms with van der Waals surface area (Å²) in [5, 5.41) is 9.40. The second-order valence-electron chi connectivity index (χ2n) is 2.42. The van der Waals surface area contributed by atoms with Crippen molar-refractivity contribution in [3.05, 3.63) is 25.7 Å². The Morgan fingerprint density at radius 1 is 0.929 bits per heavy atom. The van der Waals surface area contributed by atoms with E-state index in [4.69, 9.17) is 63.7 Å². The van der Waals surface area contributed by atoms with Gasteiger partial charge in [0.1, 0.15) is 16.3 Å². The molecular weight excluding hydrogens is 291 g/mol. The summed E-state index contributed by atoms with van der Waals surface area (Å²) >= 11 is 28.4. The third-order valence-electron chi connectivity index (χ3n) is 1.55. The number of phenols is 1. The lowest BCUT2D eigenvalue weighted by Crippen LogP contribution is -2.04. The van der Waals surface area contributed by atoms with Crippen molar-refractivity contribution < 1.29 is 5.11 Å². The van der Waals surface area contributed by atoms with Crippen molar-refractivity contribution in [1.82, 2.24) is 0 Å². The quantitative estimate of drug-likeness (QED) is 0.353. The van der Waals surface area contributed by atoms with Crippen molar-refractivity contribution in [3.8, 4) is 5.75 Å². The van der Waals surface area contributed by atoms with Crippen molar-refractivity contribution in [2.45, 2.75) is 5.50 Å². The molecule has 0 fully saturated rings. The van der Waals surface area contributed by atoms with Gasteiger partial charge in [-0.15, -0.1) is 11.6 Å². The standard InChI is InChI=1S/C7H4Cl5NO/c8-2-1(7(12)13)6(14)5(11)4(10)3(2)9/h7,14H,13H2. The Hall–Kier alpha value is 0.430. The number of rotatable bonds is 1. The van der Waals surface area contributed by atoms with Gasteiger partial charge in [0.2, 0.25) is 0 Å². The molecule has 1 atom stereocenters. The fraction of sp³-hybridized carbons (Fsp3) is 0.143. The summed E-state index contributed by atoms with van der Waals surface area (Å²) in [6, 6.07) is 0. The van der Waals surface area contributed by atoms with Crippen LogP contribution >= 0.6 is 58.0 Å². The predicted molar refractivity (Wildman–Crippen MR) is 60.9 cm³/mol. The lowest BCUT2D eigenvalue weighted by Gasteiger charge is -2.13. The van der Waals surface area contributed by atoms with Crippen LogP contribution in [0, 0.1) is 0 Å². The number of halogens is 5. The SMILES string of the molecule is NC(Cl)c1c(O)c(Cl)c(Cl)c(Cl)c1Cl. The zero-order valence-electron chi connectivity index (χ0n) is 6.49. The van der Waals surface area contributed by atoms with Gasteiger partial charge >= 0.3 is 0 Å². The highest BCUT2D eigenvalue weighted by molar-refractivity contribution is 6.52. The largest absolute Gasteiger partial charge is 0.506 e. The smallest absolute Gasteiger partial charge is 0.143 e. The number of hydrogen-bond acceptors (Lipinski definition) is 2. The van der Waals surface area contributed by atoms with E-state index in [0.717, 1.165) is 0 Å². The van der Waals surface area contributed by atoms with Crippen LogP contribution in [-0.2, 0) is 0 Å². The zero-order chi connectivity index (χ0) is 11.0. The van der Waals surface area contributed by atoms with Crippen LogP contribution in [0.3, 0.4) is 0 Å². The summed E-state index contributed by atoms with van der Waals surface area (Å²) in [4.78, 5) is 0. The Bertz CT molecular complexity index is 350. The van der Waals surface area contributed by atoms with Crippen LogP contribution in [0.25, 0.3) is 0 Å². The number of benzene rings is 1. The Balaban J connectivity index is 3.60. The maximum Gasteiger partial charge on any atom is 0.143 e. The normalized spacial score (nSPS) is 13.0. The van der Waals surface area contributed by atoms with Gasteiger partial charge in [-0.2, -0.15) is 0 Å². The topological polar surface area (TPSA) is 46.2 Å². The second-order valence-corrected chi connectivity index (χ2v) is 4.40. The van der Waals surface area contributed by atoms with E-state index in [2.05, 4.69) is 0 Å². The molecule has 0 aliphatic heterocycles. The molecule has 0 saturated heterocycles. The number of hydrogen-bond donors (Lipinski definition) is 2. The maximum atomic E-state index is 9.53. The summed E-state index contributed by atoms with van der Waals surface area (Å²) in [6.07, 6.45) is 0. The molecule has 14 heavy (non-hydrogen) atoms. The molecule has 0 heterocycles. The average molecular weight is 295 g/mol. The summed E-state index contributed by atoms with van der Waals surface area (Å²) < 4.78 is 0. The molecule has 1 aromatic rings. The van der Waals surface area contributed by atoms with Gasteiger partial charge in [-0.05, 0) is 0 Å². The van der Waals surface area contributed by atoms with E-state index in [1.165, 1.54) is 0 Å². The van der Waals surface area contributed by atoms with Gasteiger partial charge in [-0.1, -0.05) is 46.4 Å². The van der Waals surface area contributed by atoms with Crippen LogP contribution in [-0.4, -0.2) is 5.11 Å². The Labute approximate surface area is 105 Å². The molecule has 3 N–H and O–H groups in total. The van der Waals surface area contributed by atoms with Gasteiger partial charge in [0, 0.05) is 5.56 Å². The predicted octanol–water partition coefficient (Wildman–Crippen LogP) is 4.20. The van der Waals surface area contributed by atoms with Crippen molar-refractivity contribution in [2.75, 3.05) is 0 Å². The first kappa shape index (κ1) is 12.5. The number of nitrogens with two attached hydrogens (primary N) is 1. The highest BCUT2D eigenvalue weighted by Crippen LogP contribution is 2.47. The number of aromatic hydroxyl groups is 1. The van der Waals surface area contributed by atoms with Crippen LogP contribution in [0.15, 0.2) is 0 Å². The summed E-state index contributed by atoms with van der Waals surface area (Å²) in [6.45, 7) is 0. The van der Waals surface area contributed by atoms with Crippen molar-refractivity contribution >= 4 is 58.0 Å². The highest BCUT2D eigenvalue weighted by Gasteiger charge is 2.22. The van der Waals surface area contributed by atoms with E-state index in [1.807, 2.05) is 0 Å². The third kappa shape index (κ3) is 2.01. The van der Waals surface area contributed by atoms with Gasteiger partial charge in [-0.25, -0.2) is 0 Å².